The van der Waals surface area contributed by atoms with Crippen molar-refractivity contribution in [1.29, 1.82) is 0 Å². The van der Waals surface area contributed by atoms with E-state index in [1.165, 1.54) is 0 Å². The molecule has 1 saturated heterocycles. The minimum absolute atomic E-state index is 0.00843. The lowest BCUT2D eigenvalue weighted by Crippen LogP contribution is -2.39. The quantitative estimate of drug-likeness (QED) is 0.649. The molecule has 0 aromatic rings. The summed E-state index contributed by atoms with van der Waals surface area (Å²) >= 11 is 0. The van der Waals surface area contributed by atoms with Gasteiger partial charge in [0.05, 0.1) is 25.2 Å². The second-order valence-corrected chi connectivity index (χ2v) is 3.67. The van der Waals surface area contributed by atoms with Gasteiger partial charge in [-0.2, -0.15) is 0 Å². The molecule has 4 nitrogen and oxygen atoms in total. The molecule has 0 radical (unpaired) electrons. The average molecular weight is 187 g/mol. The van der Waals surface area contributed by atoms with Gasteiger partial charge in [-0.1, -0.05) is 0 Å². The molecular formula is C9H17NO3. The summed E-state index contributed by atoms with van der Waals surface area (Å²) in [5, 5.41) is 11.5. The number of carbonyl (C=O) groups excluding carboxylic acids is 1. The molecule has 1 amide bonds. The molecule has 1 fully saturated rings. The number of aliphatic hydroxyl groups excluding tert-OH is 1. The Balaban J connectivity index is 2.31. The van der Waals surface area contributed by atoms with Gasteiger partial charge in [-0.25, -0.2) is 0 Å². The van der Waals surface area contributed by atoms with Crippen LogP contribution in [-0.4, -0.2) is 36.4 Å². The predicted octanol–water partition coefficient (Wildman–Crippen LogP) is -0.0916. The Bertz CT molecular complexity index is 184. The van der Waals surface area contributed by atoms with E-state index in [1.807, 2.05) is 6.92 Å². The fourth-order valence-electron chi connectivity index (χ4n) is 1.41. The van der Waals surface area contributed by atoms with Gasteiger partial charge in [0.2, 0.25) is 5.91 Å². The smallest absolute Gasteiger partial charge is 0.225 e. The first-order valence-corrected chi connectivity index (χ1v) is 4.66. The van der Waals surface area contributed by atoms with E-state index in [9.17, 15) is 4.79 Å². The number of amides is 1. The first kappa shape index (κ1) is 10.5. The molecule has 0 spiro atoms. The van der Waals surface area contributed by atoms with Crippen molar-refractivity contribution in [2.45, 2.75) is 32.4 Å². The van der Waals surface area contributed by atoms with Gasteiger partial charge >= 0.3 is 0 Å². The van der Waals surface area contributed by atoms with E-state index < -0.39 is 0 Å². The number of carbonyl (C=O) groups is 1. The molecule has 3 atom stereocenters. The van der Waals surface area contributed by atoms with Crippen LogP contribution in [0.15, 0.2) is 0 Å². The number of nitrogens with one attached hydrogen (secondary N) is 1. The molecule has 2 unspecified atom stereocenters. The van der Waals surface area contributed by atoms with Gasteiger partial charge in [0.15, 0.2) is 0 Å². The number of aliphatic hydroxyl groups is 1. The summed E-state index contributed by atoms with van der Waals surface area (Å²) in [4.78, 5) is 11.5. The average Bonchev–Trinajstić information content (AvgIpc) is 2.51. The second-order valence-electron chi connectivity index (χ2n) is 3.67. The Kier molecular flexibility index (Phi) is 3.69. The number of hydrogen-bond donors (Lipinski definition) is 2. The summed E-state index contributed by atoms with van der Waals surface area (Å²) in [6.45, 7) is 4.22. The molecule has 0 bridgehead atoms. The van der Waals surface area contributed by atoms with Crippen molar-refractivity contribution in [3.8, 4) is 0 Å². The molecule has 4 heteroatoms. The van der Waals surface area contributed by atoms with Gasteiger partial charge in [-0.15, -0.1) is 0 Å². The zero-order valence-corrected chi connectivity index (χ0v) is 8.12. The maximum atomic E-state index is 11.5. The Labute approximate surface area is 78.3 Å². The van der Waals surface area contributed by atoms with Crippen LogP contribution in [-0.2, 0) is 9.53 Å². The monoisotopic (exact) mass is 187 g/mol. The standard InChI is InChI=1S/C9H17NO3/c1-6(4-11)10-9(12)8-3-7(2)13-5-8/h6-8,11H,3-5H2,1-2H3,(H,10,12)/t6-,7?,8?/m1/s1. The van der Waals surface area contributed by atoms with Crippen LogP contribution in [0.2, 0.25) is 0 Å². The van der Waals surface area contributed by atoms with Crippen molar-refractivity contribution in [1.82, 2.24) is 5.32 Å². The van der Waals surface area contributed by atoms with Gasteiger partial charge < -0.3 is 15.2 Å². The molecule has 1 heterocycles. The van der Waals surface area contributed by atoms with E-state index in [1.54, 1.807) is 6.92 Å². The summed E-state index contributed by atoms with van der Waals surface area (Å²) in [5.41, 5.74) is 0. The van der Waals surface area contributed by atoms with Crippen molar-refractivity contribution < 1.29 is 14.6 Å². The molecule has 0 aromatic carbocycles. The first-order valence-electron chi connectivity index (χ1n) is 4.66. The summed E-state index contributed by atoms with van der Waals surface area (Å²) in [7, 11) is 0. The number of hydrogen-bond acceptors (Lipinski definition) is 3. The Hall–Kier alpha value is -0.610. The Morgan fingerprint density at radius 1 is 1.77 bits per heavy atom. The zero-order chi connectivity index (χ0) is 9.84. The maximum absolute atomic E-state index is 11.5. The first-order chi connectivity index (χ1) is 6.13. The van der Waals surface area contributed by atoms with E-state index in [2.05, 4.69) is 5.32 Å². The number of rotatable bonds is 3. The van der Waals surface area contributed by atoms with Gasteiger partial charge in [0.25, 0.3) is 0 Å². The van der Waals surface area contributed by atoms with Crippen molar-refractivity contribution in [3.05, 3.63) is 0 Å². The van der Waals surface area contributed by atoms with Crippen molar-refractivity contribution >= 4 is 5.91 Å². The van der Waals surface area contributed by atoms with E-state index >= 15 is 0 Å². The SMILES string of the molecule is CC1CC(C(=O)N[C@H](C)CO)CO1. The second kappa shape index (κ2) is 4.58. The summed E-state index contributed by atoms with van der Waals surface area (Å²) in [6.07, 6.45) is 0.962. The van der Waals surface area contributed by atoms with E-state index in [-0.39, 0.29) is 30.6 Å². The van der Waals surface area contributed by atoms with Crippen LogP contribution in [0.4, 0.5) is 0 Å². The van der Waals surface area contributed by atoms with Crippen LogP contribution in [0.25, 0.3) is 0 Å². The predicted molar refractivity (Wildman–Crippen MR) is 48.2 cm³/mol. The topological polar surface area (TPSA) is 58.6 Å². The third kappa shape index (κ3) is 2.97. The van der Waals surface area contributed by atoms with Crippen LogP contribution in [0, 0.1) is 5.92 Å². The fourth-order valence-corrected chi connectivity index (χ4v) is 1.41. The number of ether oxygens (including phenoxy) is 1. The van der Waals surface area contributed by atoms with Gasteiger partial charge in [0.1, 0.15) is 0 Å². The van der Waals surface area contributed by atoms with Crippen LogP contribution >= 0.6 is 0 Å². The summed E-state index contributed by atoms with van der Waals surface area (Å²) in [5.74, 6) is -0.0464. The normalized spacial score (nSPS) is 30.1. The van der Waals surface area contributed by atoms with Crippen LogP contribution < -0.4 is 5.32 Å². The van der Waals surface area contributed by atoms with Crippen molar-refractivity contribution in [3.63, 3.8) is 0 Å². The lowest BCUT2D eigenvalue weighted by molar-refractivity contribution is -0.125. The van der Waals surface area contributed by atoms with E-state index in [0.717, 1.165) is 6.42 Å². The molecule has 0 aliphatic carbocycles. The molecule has 0 saturated carbocycles. The highest BCUT2D eigenvalue weighted by molar-refractivity contribution is 5.79. The Morgan fingerprint density at radius 2 is 2.46 bits per heavy atom. The molecule has 2 N–H and O–H groups in total. The third-order valence-electron chi connectivity index (χ3n) is 2.23. The minimum Gasteiger partial charge on any atom is -0.394 e. The van der Waals surface area contributed by atoms with Gasteiger partial charge in [0, 0.05) is 6.04 Å². The van der Waals surface area contributed by atoms with Crippen LogP contribution in [0.5, 0.6) is 0 Å². The minimum atomic E-state index is -0.164. The lowest BCUT2D eigenvalue weighted by Gasteiger charge is -2.13. The fraction of sp³-hybridized carbons (Fsp3) is 0.889. The third-order valence-corrected chi connectivity index (χ3v) is 2.23. The molecule has 1 aliphatic heterocycles. The molecule has 13 heavy (non-hydrogen) atoms. The largest absolute Gasteiger partial charge is 0.394 e. The molecular weight excluding hydrogens is 170 g/mol. The highest BCUT2D eigenvalue weighted by atomic mass is 16.5. The molecule has 76 valence electrons. The van der Waals surface area contributed by atoms with E-state index in [4.69, 9.17) is 9.84 Å². The van der Waals surface area contributed by atoms with E-state index in [0.29, 0.717) is 6.61 Å². The van der Waals surface area contributed by atoms with Gasteiger partial charge in [-0.05, 0) is 20.3 Å². The zero-order valence-electron chi connectivity index (χ0n) is 8.12. The molecule has 0 aromatic heterocycles. The molecule has 1 rings (SSSR count). The van der Waals surface area contributed by atoms with Crippen molar-refractivity contribution in [2.24, 2.45) is 5.92 Å². The molecule has 1 aliphatic rings. The lowest BCUT2D eigenvalue weighted by atomic mass is 10.1. The summed E-state index contributed by atoms with van der Waals surface area (Å²) < 4.78 is 5.28. The maximum Gasteiger partial charge on any atom is 0.225 e. The Morgan fingerprint density at radius 3 is 2.92 bits per heavy atom. The summed E-state index contributed by atoms with van der Waals surface area (Å²) in [6, 6.07) is -0.164. The van der Waals surface area contributed by atoms with Crippen LogP contribution in [0.1, 0.15) is 20.3 Å². The highest BCUT2D eigenvalue weighted by Gasteiger charge is 2.28. The van der Waals surface area contributed by atoms with Gasteiger partial charge in [-0.3, -0.25) is 4.79 Å². The van der Waals surface area contributed by atoms with Crippen LogP contribution in [0.3, 0.4) is 0 Å². The highest BCUT2D eigenvalue weighted by Crippen LogP contribution is 2.18. The van der Waals surface area contributed by atoms with Crippen molar-refractivity contribution in [2.75, 3.05) is 13.2 Å².